The fourth-order valence-electron chi connectivity index (χ4n) is 4.04. The summed E-state index contributed by atoms with van der Waals surface area (Å²) in [6, 6.07) is 7.62. The zero-order chi connectivity index (χ0) is 23.3. The van der Waals surface area contributed by atoms with E-state index in [9.17, 15) is 19.2 Å². The number of carbonyl (C=O) groups is 2. The van der Waals surface area contributed by atoms with E-state index < -0.39 is 11.2 Å². The Morgan fingerprint density at radius 1 is 1.19 bits per heavy atom. The van der Waals surface area contributed by atoms with Crippen molar-refractivity contribution in [3.8, 4) is 0 Å². The first-order valence-corrected chi connectivity index (χ1v) is 11.2. The summed E-state index contributed by atoms with van der Waals surface area (Å²) in [5, 5.41) is 2.90. The molecule has 1 atom stereocenters. The summed E-state index contributed by atoms with van der Waals surface area (Å²) in [6.45, 7) is 4.53. The maximum Gasteiger partial charge on any atom is 0.330 e. The number of amides is 2. The first-order chi connectivity index (χ1) is 15.4. The average molecular weight is 442 g/mol. The van der Waals surface area contributed by atoms with E-state index in [1.54, 1.807) is 0 Å². The number of hydrogen-bond acceptors (Lipinski definition) is 5. The molecule has 2 aromatic rings. The number of unbranched alkanes of at least 4 members (excludes halogenated alkanes) is 1. The number of benzene rings is 1. The molecule has 1 aliphatic heterocycles. The molecular weight excluding hydrogens is 410 g/mol. The van der Waals surface area contributed by atoms with Gasteiger partial charge in [-0.2, -0.15) is 0 Å². The second kappa shape index (κ2) is 10.3. The van der Waals surface area contributed by atoms with Crippen LogP contribution in [0.3, 0.4) is 0 Å². The summed E-state index contributed by atoms with van der Waals surface area (Å²) in [5.41, 5.74) is 6.78. The minimum absolute atomic E-state index is 0.00519. The van der Waals surface area contributed by atoms with E-state index in [0.29, 0.717) is 38.8 Å². The Morgan fingerprint density at radius 3 is 2.66 bits per heavy atom. The summed E-state index contributed by atoms with van der Waals surface area (Å²) in [7, 11) is 0. The molecule has 0 aliphatic carbocycles. The molecule has 2 heterocycles. The van der Waals surface area contributed by atoms with Crippen molar-refractivity contribution in [3.63, 3.8) is 0 Å². The minimum atomic E-state index is -0.673. The van der Waals surface area contributed by atoms with Gasteiger partial charge in [0.05, 0.1) is 0 Å². The van der Waals surface area contributed by atoms with E-state index in [-0.39, 0.29) is 35.7 Å². The maximum atomic E-state index is 13.2. The summed E-state index contributed by atoms with van der Waals surface area (Å²) in [6.07, 6.45) is 3.15. The first-order valence-electron chi connectivity index (χ1n) is 11.2. The average Bonchev–Trinajstić information content (AvgIpc) is 2.77. The van der Waals surface area contributed by atoms with Gasteiger partial charge >= 0.3 is 5.69 Å². The van der Waals surface area contributed by atoms with Crippen LogP contribution in [0.25, 0.3) is 0 Å². The number of H-pyrrole nitrogens is 1. The van der Waals surface area contributed by atoms with Gasteiger partial charge in [-0.05, 0) is 37.3 Å². The number of para-hydroxylation sites is 1. The van der Waals surface area contributed by atoms with Crippen molar-refractivity contribution in [2.24, 2.45) is 5.92 Å². The molecule has 0 spiro atoms. The minimum Gasteiger partial charge on any atom is -0.383 e. The first kappa shape index (κ1) is 23.3. The molecular formula is C23H31N5O4. The van der Waals surface area contributed by atoms with Crippen LogP contribution in [0.1, 0.15) is 51.5 Å². The number of nitrogen functional groups attached to an aromatic ring is 1. The highest BCUT2D eigenvalue weighted by Crippen LogP contribution is 2.28. The smallest absolute Gasteiger partial charge is 0.330 e. The number of anilines is 3. The molecule has 172 valence electrons. The second-order valence-electron chi connectivity index (χ2n) is 8.13. The van der Waals surface area contributed by atoms with Crippen LogP contribution in [0.5, 0.6) is 0 Å². The van der Waals surface area contributed by atoms with Crippen molar-refractivity contribution in [1.29, 1.82) is 0 Å². The molecule has 1 aliphatic rings. The predicted octanol–water partition coefficient (Wildman–Crippen LogP) is 2.25. The number of rotatable bonds is 9. The number of fused-ring (bicyclic) bond motifs is 1. The molecule has 1 aromatic carbocycles. The quantitative estimate of drug-likeness (QED) is 0.549. The lowest BCUT2D eigenvalue weighted by atomic mass is 9.89. The zero-order valence-corrected chi connectivity index (χ0v) is 18.6. The summed E-state index contributed by atoms with van der Waals surface area (Å²) < 4.78 is 1.29. The van der Waals surface area contributed by atoms with Crippen molar-refractivity contribution in [1.82, 2.24) is 9.55 Å². The van der Waals surface area contributed by atoms with Gasteiger partial charge in [-0.25, -0.2) is 4.79 Å². The number of nitrogens with one attached hydrogen (secondary N) is 2. The SMILES string of the molecule is CCCCN(C(=O)CC[C@H]1Cc2ccccc2NC1=O)c1c(N)n(CCC)c(=O)[nH]c1=O. The number of aromatic nitrogens is 2. The molecule has 0 fully saturated rings. The number of nitrogens with zero attached hydrogens (tertiary/aromatic N) is 2. The topological polar surface area (TPSA) is 130 Å². The Labute approximate surface area is 186 Å². The predicted molar refractivity (Wildman–Crippen MR) is 125 cm³/mol. The van der Waals surface area contributed by atoms with Gasteiger partial charge in [0, 0.05) is 31.1 Å². The van der Waals surface area contributed by atoms with Crippen LogP contribution in [0, 0.1) is 5.92 Å². The van der Waals surface area contributed by atoms with Crippen LogP contribution in [-0.2, 0) is 22.6 Å². The van der Waals surface area contributed by atoms with Crippen LogP contribution in [0.2, 0.25) is 0 Å². The fraction of sp³-hybridized carbons (Fsp3) is 0.478. The Morgan fingerprint density at radius 2 is 1.94 bits per heavy atom. The number of hydrogen-bond donors (Lipinski definition) is 3. The Bertz CT molecular complexity index is 1100. The largest absolute Gasteiger partial charge is 0.383 e. The molecule has 1 aromatic heterocycles. The van der Waals surface area contributed by atoms with Gasteiger partial charge in [0.1, 0.15) is 5.82 Å². The van der Waals surface area contributed by atoms with Crippen molar-refractivity contribution < 1.29 is 9.59 Å². The molecule has 2 amide bonds. The molecule has 0 saturated heterocycles. The Hall–Kier alpha value is -3.36. The van der Waals surface area contributed by atoms with E-state index in [0.717, 1.165) is 17.7 Å². The van der Waals surface area contributed by atoms with Crippen LogP contribution >= 0.6 is 0 Å². The van der Waals surface area contributed by atoms with Gasteiger partial charge < -0.3 is 16.0 Å². The number of aromatic amines is 1. The van der Waals surface area contributed by atoms with Crippen LogP contribution in [-0.4, -0.2) is 27.9 Å². The van der Waals surface area contributed by atoms with Crippen molar-refractivity contribution >= 4 is 29.0 Å². The van der Waals surface area contributed by atoms with E-state index in [1.165, 1.54) is 9.47 Å². The third-order valence-corrected chi connectivity index (χ3v) is 5.79. The standard InChI is InChI=1S/C23H31N5O4/c1-3-5-13-27(19-20(24)28(12-4-2)23(32)26-22(19)31)18(29)11-10-16-14-15-8-6-7-9-17(15)25-21(16)30/h6-9,16H,3-5,10-14,24H2,1-2H3,(H,25,30)(H,26,31,32)/t16-/m0/s1. The molecule has 32 heavy (non-hydrogen) atoms. The molecule has 0 radical (unpaired) electrons. The number of nitrogens with two attached hydrogens (primary N) is 1. The Balaban J connectivity index is 1.82. The third kappa shape index (κ3) is 4.92. The number of carbonyl (C=O) groups excluding carboxylic acids is 2. The van der Waals surface area contributed by atoms with Crippen LogP contribution in [0.15, 0.2) is 33.9 Å². The monoisotopic (exact) mass is 441 g/mol. The van der Waals surface area contributed by atoms with Crippen molar-refractivity contribution in [3.05, 3.63) is 50.7 Å². The van der Waals surface area contributed by atoms with E-state index in [2.05, 4.69) is 10.3 Å². The molecule has 3 rings (SSSR count). The summed E-state index contributed by atoms with van der Waals surface area (Å²) in [5.74, 6) is -0.726. The van der Waals surface area contributed by atoms with Gasteiger partial charge in [-0.3, -0.25) is 23.9 Å². The highest BCUT2D eigenvalue weighted by molar-refractivity contribution is 5.98. The zero-order valence-electron chi connectivity index (χ0n) is 18.6. The van der Waals surface area contributed by atoms with Crippen LogP contribution < -0.4 is 27.2 Å². The van der Waals surface area contributed by atoms with Crippen molar-refractivity contribution in [2.45, 2.75) is 58.9 Å². The lowest BCUT2D eigenvalue weighted by Crippen LogP contribution is -2.42. The van der Waals surface area contributed by atoms with E-state index in [1.807, 2.05) is 38.1 Å². The molecule has 0 unspecified atom stereocenters. The maximum absolute atomic E-state index is 13.2. The molecule has 4 N–H and O–H groups in total. The molecule has 0 saturated carbocycles. The second-order valence-corrected chi connectivity index (χ2v) is 8.13. The molecule has 0 bridgehead atoms. The lowest BCUT2D eigenvalue weighted by Gasteiger charge is -2.27. The molecule has 9 heteroatoms. The highest BCUT2D eigenvalue weighted by atomic mass is 16.2. The van der Waals surface area contributed by atoms with Gasteiger partial charge in [-0.1, -0.05) is 38.5 Å². The lowest BCUT2D eigenvalue weighted by molar-refractivity contribution is -0.121. The van der Waals surface area contributed by atoms with Gasteiger partial charge in [0.15, 0.2) is 5.69 Å². The van der Waals surface area contributed by atoms with E-state index in [4.69, 9.17) is 5.73 Å². The Kier molecular flexibility index (Phi) is 7.50. The fourth-order valence-corrected chi connectivity index (χ4v) is 4.04. The van der Waals surface area contributed by atoms with Crippen molar-refractivity contribution in [2.75, 3.05) is 22.5 Å². The van der Waals surface area contributed by atoms with Crippen LogP contribution in [0.4, 0.5) is 17.2 Å². The normalized spacial score (nSPS) is 15.2. The van der Waals surface area contributed by atoms with Gasteiger partial charge in [0.25, 0.3) is 5.56 Å². The molecule has 9 nitrogen and oxygen atoms in total. The van der Waals surface area contributed by atoms with E-state index >= 15 is 0 Å². The van der Waals surface area contributed by atoms with Gasteiger partial charge in [-0.15, -0.1) is 0 Å². The summed E-state index contributed by atoms with van der Waals surface area (Å²) >= 11 is 0. The highest BCUT2D eigenvalue weighted by Gasteiger charge is 2.29. The third-order valence-electron chi connectivity index (χ3n) is 5.79. The summed E-state index contributed by atoms with van der Waals surface area (Å²) in [4.78, 5) is 54.1. The van der Waals surface area contributed by atoms with Gasteiger partial charge in [0.2, 0.25) is 11.8 Å².